The Labute approximate surface area is 131 Å². The molecule has 1 rings (SSSR count). The Morgan fingerprint density at radius 2 is 1.86 bits per heavy atom. The van der Waals surface area contributed by atoms with E-state index in [1.165, 1.54) is 0 Å². The Morgan fingerprint density at radius 3 is 2.29 bits per heavy atom. The highest BCUT2D eigenvalue weighted by Gasteiger charge is 2.16. The molecule has 0 bridgehead atoms. The summed E-state index contributed by atoms with van der Waals surface area (Å²) in [6.45, 7) is 13.5. The van der Waals surface area contributed by atoms with E-state index in [9.17, 15) is 8.42 Å². The smallest absolute Gasteiger partial charge is 0.0504 e. The van der Waals surface area contributed by atoms with Gasteiger partial charge in [-0.05, 0) is 29.0 Å². The van der Waals surface area contributed by atoms with E-state index < -0.39 is 21.6 Å². The summed E-state index contributed by atoms with van der Waals surface area (Å²) in [6.07, 6.45) is 8.53. The molecular formula is C17H20O2S2. The van der Waals surface area contributed by atoms with Crippen molar-refractivity contribution in [1.82, 2.24) is 0 Å². The van der Waals surface area contributed by atoms with Gasteiger partial charge in [-0.3, -0.25) is 8.42 Å². The highest BCUT2D eigenvalue weighted by Crippen LogP contribution is 2.25. The van der Waals surface area contributed by atoms with Gasteiger partial charge in [-0.25, -0.2) is 0 Å². The highest BCUT2D eigenvalue weighted by molar-refractivity contribution is 7.88. The fourth-order valence-corrected chi connectivity index (χ4v) is 3.36. The molecule has 0 aromatic heterocycles. The van der Waals surface area contributed by atoms with E-state index in [1.54, 1.807) is 24.7 Å². The minimum atomic E-state index is -1.20. The Bertz CT molecular complexity index is 771. The van der Waals surface area contributed by atoms with Gasteiger partial charge in [0.2, 0.25) is 0 Å². The molecule has 4 heteroatoms. The first kappa shape index (κ1) is 17.5. The van der Waals surface area contributed by atoms with E-state index in [4.69, 9.17) is 0 Å². The zero-order valence-corrected chi connectivity index (χ0v) is 14.3. The monoisotopic (exact) mass is 320 g/mol. The maximum absolute atomic E-state index is 12.1. The second-order valence-electron chi connectivity index (χ2n) is 4.45. The van der Waals surface area contributed by atoms with Crippen molar-refractivity contribution in [2.45, 2.75) is 11.8 Å². The molecule has 0 fully saturated rings. The number of rotatable bonds is 5. The Morgan fingerprint density at radius 1 is 1.24 bits per heavy atom. The zero-order valence-electron chi connectivity index (χ0n) is 12.6. The third kappa shape index (κ3) is 3.77. The van der Waals surface area contributed by atoms with Gasteiger partial charge in [0.05, 0.1) is 10.8 Å². The molecule has 21 heavy (non-hydrogen) atoms. The number of hydrogen-bond donors (Lipinski definition) is 0. The molecule has 112 valence electrons. The summed E-state index contributed by atoms with van der Waals surface area (Å²) < 4.78 is 23.9. The Hall–Kier alpha value is -1.52. The van der Waals surface area contributed by atoms with Crippen molar-refractivity contribution in [3.05, 3.63) is 58.3 Å². The van der Waals surface area contributed by atoms with Gasteiger partial charge in [-0.2, -0.15) is 0 Å². The fraction of sp³-hybridized carbons (Fsp3) is 0.176. The van der Waals surface area contributed by atoms with Gasteiger partial charge in [0.15, 0.2) is 0 Å². The van der Waals surface area contributed by atoms with Crippen molar-refractivity contribution in [3.63, 3.8) is 0 Å². The predicted octanol–water partition coefficient (Wildman–Crippen LogP) is 2.10. The molecule has 2 atom stereocenters. The van der Waals surface area contributed by atoms with Crippen LogP contribution in [0.3, 0.4) is 0 Å². The Balaban J connectivity index is 3.94. The lowest BCUT2D eigenvalue weighted by Crippen LogP contribution is -2.29. The standard InChI is InChI=1S/C17H20O2S2/c1-7-9-15-12(3)10-11-16(21(6)19)17(15)14(8-2)13(4)20(5)18/h7-11H,1,3-4H2,2,5-6H3/b14-8+,15-9+. The summed E-state index contributed by atoms with van der Waals surface area (Å²) in [5, 5.41) is 1.63. The summed E-state index contributed by atoms with van der Waals surface area (Å²) in [4.78, 5) is 1.18. The molecule has 0 N–H and O–H groups in total. The highest BCUT2D eigenvalue weighted by atomic mass is 32.2. The van der Waals surface area contributed by atoms with Crippen molar-refractivity contribution >= 4 is 39.8 Å². The van der Waals surface area contributed by atoms with Crippen molar-refractivity contribution in [2.75, 3.05) is 12.5 Å². The minimum Gasteiger partial charge on any atom is -0.255 e. The molecule has 2 nitrogen and oxygen atoms in total. The quantitative estimate of drug-likeness (QED) is 0.779. The van der Waals surface area contributed by atoms with Crippen LogP contribution in [0.15, 0.2) is 47.2 Å². The van der Waals surface area contributed by atoms with Crippen LogP contribution in [0.4, 0.5) is 0 Å². The lowest BCUT2D eigenvalue weighted by molar-refractivity contribution is 0.686. The molecule has 0 aliphatic carbocycles. The normalized spacial score (nSPS) is 15.6. The molecule has 0 heterocycles. The molecule has 1 aromatic carbocycles. The molecule has 0 amide bonds. The van der Waals surface area contributed by atoms with Gasteiger partial charge >= 0.3 is 0 Å². The molecule has 0 saturated heterocycles. The van der Waals surface area contributed by atoms with Crippen molar-refractivity contribution in [2.24, 2.45) is 0 Å². The van der Waals surface area contributed by atoms with Crippen LogP contribution in [0, 0.1) is 0 Å². The maximum atomic E-state index is 12.1. The van der Waals surface area contributed by atoms with Crippen LogP contribution in [-0.4, -0.2) is 20.9 Å². The maximum Gasteiger partial charge on any atom is 0.0504 e. The van der Waals surface area contributed by atoms with E-state index in [1.807, 2.05) is 25.1 Å². The van der Waals surface area contributed by atoms with Crippen LogP contribution >= 0.6 is 0 Å². The molecule has 0 radical (unpaired) electrons. The minimum absolute atomic E-state index is 0.508. The van der Waals surface area contributed by atoms with Gasteiger partial charge in [-0.1, -0.05) is 44.0 Å². The summed E-state index contributed by atoms with van der Waals surface area (Å²) in [7, 11) is -2.38. The molecule has 2 unspecified atom stereocenters. The largest absolute Gasteiger partial charge is 0.255 e. The third-order valence-electron chi connectivity index (χ3n) is 3.10. The van der Waals surface area contributed by atoms with Gasteiger partial charge in [0, 0.05) is 38.7 Å². The van der Waals surface area contributed by atoms with Crippen LogP contribution in [0.25, 0.3) is 18.2 Å². The van der Waals surface area contributed by atoms with E-state index in [0.717, 1.165) is 21.6 Å². The second kappa shape index (κ2) is 7.48. The number of benzene rings is 1. The number of allylic oxidation sites excluding steroid dienone is 3. The van der Waals surface area contributed by atoms with Gasteiger partial charge in [0.1, 0.15) is 0 Å². The van der Waals surface area contributed by atoms with Gasteiger partial charge < -0.3 is 0 Å². The summed E-state index contributed by atoms with van der Waals surface area (Å²) in [5.74, 6) is 0. The third-order valence-corrected chi connectivity index (χ3v) is 4.97. The van der Waals surface area contributed by atoms with Gasteiger partial charge in [0.25, 0.3) is 0 Å². The van der Waals surface area contributed by atoms with Crippen LogP contribution < -0.4 is 10.4 Å². The molecule has 0 spiro atoms. The number of hydrogen-bond acceptors (Lipinski definition) is 2. The molecule has 1 aromatic rings. The topological polar surface area (TPSA) is 34.1 Å². The second-order valence-corrected chi connectivity index (χ2v) is 7.20. The van der Waals surface area contributed by atoms with Crippen LogP contribution in [0.1, 0.15) is 12.5 Å². The van der Waals surface area contributed by atoms with Crippen LogP contribution in [0.5, 0.6) is 0 Å². The van der Waals surface area contributed by atoms with E-state index in [0.29, 0.717) is 9.80 Å². The zero-order chi connectivity index (χ0) is 16.2. The molecule has 0 saturated carbocycles. The van der Waals surface area contributed by atoms with Crippen molar-refractivity contribution < 1.29 is 8.42 Å². The average Bonchev–Trinajstić information content (AvgIpc) is 2.42. The SMILES string of the molecule is C=C/C=c1/c(/C(=C/C)C(=C)S(C)=O)c(S(C)=O)ccc1=C. The predicted molar refractivity (Wildman–Crippen MR) is 95.1 cm³/mol. The first-order chi connectivity index (χ1) is 9.84. The Kier molecular flexibility index (Phi) is 6.24. The van der Waals surface area contributed by atoms with Crippen molar-refractivity contribution in [3.8, 4) is 0 Å². The first-order valence-electron chi connectivity index (χ1n) is 6.32. The fourth-order valence-electron chi connectivity index (χ4n) is 2.07. The molecule has 0 aliphatic heterocycles. The van der Waals surface area contributed by atoms with Crippen LogP contribution in [-0.2, 0) is 21.6 Å². The van der Waals surface area contributed by atoms with E-state index in [-0.39, 0.29) is 0 Å². The van der Waals surface area contributed by atoms with Crippen molar-refractivity contribution in [1.29, 1.82) is 0 Å². The van der Waals surface area contributed by atoms with E-state index in [2.05, 4.69) is 19.7 Å². The first-order valence-corrected chi connectivity index (χ1v) is 9.44. The lowest BCUT2D eigenvalue weighted by Gasteiger charge is -2.14. The molecule has 0 aliphatic rings. The lowest BCUT2D eigenvalue weighted by atomic mass is 10.0. The molecular weight excluding hydrogens is 300 g/mol. The average molecular weight is 320 g/mol. The summed E-state index contributed by atoms with van der Waals surface area (Å²) >= 11 is 0. The summed E-state index contributed by atoms with van der Waals surface area (Å²) in [6, 6.07) is 3.62. The van der Waals surface area contributed by atoms with Crippen LogP contribution in [0.2, 0.25) is 0 Å². The summed E-state index contributed by atoms with van der Waals surface area (Å²) in [5.41, 5.74) is 1.51. The van der Waals surface area contributed by atoms with E-state index >= 15 is 0 Å². The van der Waals surface area contributed by atoms with Gasteiger partial charge in [-0.15, -0.1) is 0 Å².